The highest BCUT2D eigenvalue weighted by Gasteiger charge is 2.77. The summed E-state index contributed by atoms with van der Waals surface area (Å²) < 4.78 is 20.5. The number of aromatic nitrogens is 2. The SMILES string of the molecule is CC1=C[C@]23C(=O)[C@@H](C=C4COC(C)(C)O[C@H]4[C@]2(O)[C@H]1OC(=O)c1c(C)nc2sccn12)[C@H]1[C@@H](C[C@H]3C)C1(C)C. The number of fused-ring (bicyclic) bond motifs is 6. The number of hydrogen-bond acceptors (Lipinski definition) is 8. The Morgan fingerprint density at radius 1 is 1.26 bits per heavy atom. The fourth-order valence-electron chi connectivity index (χ4n) is 8.60. The van der Waals surface area contributed by atoms with Crippen molar-refractivity contribution in [3.8, 4) is 0 Å². The Morgan fingerprint density at radius 2 is 2.00 bits per heavy atom. The van der Waals surface area contributed by atoms with Gasteiger partial charge in [0, 0.05) is 17.5 Å². The second-order valence-corrected chi connectivity index (χ2v) is 14.3. The molecule has 3 fully saturated rings. The monoisotopic (exact) mass is 552 g/mol. The number of allylic oxidation sites excluding steroid dienone is 1. The highest BCUT2D eigenvalue weighted by Crippen LogP contribution is 2.72. The maximum atomic E-state index is 14.8. The quantitative estimate of drug-likeness (QED) is 0.433. The summed E-state index contributed by atoms with van der Waals surface area (Å²) in [4.78, 5) is 33.8. The minimum absolute atomic E-state index is 0.00228. The second kappa shape index (κ2) is 7.69. The van der Waals surface area contributed by atoms with Crippen molar-refractivity contribution in [2.75, 3.05) is 6.61 Å². The first kappa shape index (κ1) is 25.6. The molecule has 208 valence electrons. The number of esters is 1. The molecule has 2 aromatic rings. The van der Waals surface area contributed by atoms with E-state index in [2.05, 4.69) is 25.8 Å². The minimum atomic E-state index is -1.84. The van der Waals surface area contributed by atoms with Crippen LogP contribution in [0.1, 0.15) is 64.1 Å². The standard InChI is InChI=1S/C30H36N2O6S/c1-14-12-29-15(2)10-19-20(27(19,4)5)18(22(29)33)11-17-13-36-28(6,7)38-24(17)30(29,35)23(14)37-25(34)21-16(3)31-26-32(21)8-9-39-26/h8-9,11-12,15,18-20,23-24,35H,10,13H2,1-7H3/t15-,18+,19-,20+,23+,24-,29+,30-/m1/s1. The molecule has 3 heterocycles. The Kier molecular flexibility index (Phi) is 5.05. The average molecular weight is 553 g/mol. The van der Waals surface area contributed by atoms with Gasteiger partial charge in [0.1, 0.15) is 6.10 Å². The van der Waals surface area contributed by atoms with Crippen LogP contribution in [-0.2, 0) is 19.0 Å². The summed E-state index contributed by atoms with van der Waals surface area (Å²) in [7, 11) is 0. The van der Waals surface area contributed by atoms with Gasteiger partial charge in [-0.2, -0.15) is 0 Å². The summed E-state index contributed by atoms with van der Waals surface area (Å²) in [5.74, 6) is -1.57. The normalized spacial score (nSPS) is 41.5. The number of thiazole rings is 1. The molecule has 1 spiro atoms. The highest BCUT2D eigenvalue weighted by atomic mass is 32.1. The van der Waals surface area contributed by atoms with Gasteiger partial charge in [0.2, 0.25) is 0 Å². The van der Waals surface area contributed by atoms with E-state index in [1.165, 1.54) is 11.3 Å². The number of aryl methyl sites for hydroxylation is 1. The molecule has 2 aromatic heterocycles. The van der Waals surface area contributed by atoms with Crippen LogP contribution in [0.15, 0.2) is 34.9 Å². The number of carbonyl (C=O) groups excluding carboxylic acids is 2. The number of hydrogen-bond donors (Lipinski definition) is 1. The second-order valence-electron chi connectivity index (χ2n) is 13.4. The Morgan fingerprint density at radius 3 is 2.74 bits per heavy atom. The van der Waals surface area contributed by atoms with Crippen molar-refractivity contribution >= 4 is 28.1 Å². The predicted octanol–water partition coefficient (Wildman–Crippen LogP) is 4.50. The molecule has 1 N–H and O–H groups in total. The fraction of sp³-hybridized carbons (Fsp3) is 0.633. The molecule has 8 nitrogen and oxygen atoms in total. The maximum absolute atomic E-state index is 14.8. The Bertz CT molecular complexity index is 1500. The van der Waals surface area contributed by atoms with Crippen LogP contribution in [0, 0.1) is 41.4 Å². The first-order valence-corrected chi connectivity index (χ1v) is 14.7. The number of carbonyl (C=O) groups is 2. The van der Waals surface area contributed by atoms with Crippen molar-refractivity contribution in [1.82, 2.24) is 9.38 Å². The van der Waals surface area contributed by atoms with E-state index < -0.39 is 35.0 Å². The first-order valence-electron chi connectivity index (χ1n) is 13.9. The number of ether oxygens (including phenoxy) is 3. The molecule has 4 aliphatic carbocycles. The zero-order valence-corrected chi connectivity index (χ0v) is 24.3. The molecule has 0 unspecified atom stereocenters. The molecule has 0 radical (unpaired) electrons. The zero-order valence-electron chi connectivity index (χ0n) is 23.5. The minimum Gasteiger partial charge on any atom is -0.450 e. The van der Waals surface area contributed by atoms with E-state index in [0.29, 0.717) is 27.8 Å². The lowest BCUT2D eigenvalue weighted by molar-refractivity contribution is -0.302. The molecule has 0 amide bonds. The summed E-state index contributed by atoms with van der Waals surface area (Å²) in [5, 5.41) is 15.0. The van der Waals surface area contributed by atoms with Crippen LogP contribution in [0.3, 0.4) is 0 Å². The van der Waals surface area contributed by atoms with Crippen molar-refractivity contribution < 1.29 is 28.9 Å². The molecule has 1 aliphatic heterocycles. The van der Waals surface area contributed by atoms with Crippen molar-refractivity contribution in [2.24, 2.45) is 34.5 Å². The maximum Gasteiger partial charge on any atom is 0.358 e. The number of Topliss-reactive ketones (excluding diaryl/α,β-unsaturated/α-hetero) is 1. The molecule has 2 saturated carbocycles. The number of aliphatic hydroxyl groups is 1. The third kappa shape index (κ3) is 3.08. The molecule has 9 heteroatoms. The molecular weight excluding hydrogens is 516 g/mol. The van der Waals surface area contributed by atoms with E-state index >= 15 is 0 Å². The fourth-order valence-corrected chi connectivity index (χ4v) is 9.36. The van der Waals surface area contributed by atoms with E-state index in [1.807, 2.05) is 38.3 Å². The van der Waals surface area contributed by atoms with E-state index in [-0.39, 0.29) is 35.6 Å². The number of nitrogens with zero attached hydrogens (tertiary/aromatic N) is 2. The number of imidazole rings is 1. The van der Waals surface area contributed by atoms with E-state index in [4.69, 9.17) is 14.2 Å². The largest absolute Gasteiger partial charge is 0.450 e. The first-order chi connectivity index (χ1) is 18.2. The molecule has 0 aromatic carbocycles. The molecular formula is C30H36N2O6S. The predicted molar refractivity (Wildman–Crippen MR) is 144 cm³/mol. The van der Waals surface area contributed by atoms with Gasteiger partial charge in [0.15, 0.2) is 33.9 Å². The summed E-state index contributed by atoms with van der Waals surface area (Å²) >= 11 is 1.43. The summed E-state index contributed by atoms with van der Waals surface area (Å²) in [6.07, 6.45) is 4.56. The van der Waals surface area contributed by atoms with Gasteiger partial charge in [-0.25, -0.2) is 9.78 Å². The smallest absolute Gasteiger partial charge is 0.358 e. The highest BCUT2D eigenvalue weighted by molar-refractivity contribution is 7.15. The van der Waals surface area contributed by atoms with Crippen molar-refractivity contribution in [1.29, 1.82) is 0 Å². The van der Waals surface area contributed by atoms with Crippen molar-refractivity contribution in [2.45, 2.75) is 78.5 Å². The van der Waals surface area contributed by atoms with Crippen molar-refractivity contribution in [3.05, 3.63) is 46.3 Å². The van der Waals surface area contributed by atoms with Crippen LogP contribution in [0.4, 0.5) is 0 Å². The number of rotatable bonds is 2. The number of ketones is 1. The topological polar surface area (TPSA) is 99.4 Å². The zero-order chi connectivity index (χ0) is 27.9. The van der Waals surface area contributed by atoms with Crippen LogP contribution in [0.5, 0.6) is 0 Å². The van der Waals surface area contributed by atoms with Gasteiger partial charge < -0.3 is 19.3 Å². The van der Waals surface area contributed by atoms with Gasteiger partial charge in [-0.05, 0) is 68.4 Å². The molecule has 5 aliphatic rings. The summed E-state index contributed by atoms with van der Waals surface area (Å²) in [5.41, 5.74) is -0.776. The van der Waals surface area contributed by atoms with Gasteiger partial charge in [-0.3, -0.25) is 9.20 Å². The van der Waals surface area contributed by atoms with Gasteiger partial charge in [0.25, 0.3) is 0 Å². The molecule has 39 heavy (non-hydrogen) atoms. The van der Waals surface area contributed by atoms with Gasteiger partial charge in [-0.1, -0.05) is 32.9 Å². The Hall–Kier alpha value is -2.33. The molecule has 1 saturated heterocycles. The molecule has 7 rings (SSSR count). The average Bonchev–Trinajstić information content (AvgIpc) is 3.15. The van der Waals surface area contributed by atoms with Gasteiger partial charge in [0.05, 0.1) is 17.7 Å². The van der Waals surface area contributed by atoms with Gasteiger partial charge >= 0.3 is 5.97 Å². The Balaban J connectivity index is 1.39. The summed E-state index contributed by atoms with van der Waals surface area (Å²) in [6.45, 7) is 14.0. The van der Waals surface area contributed by atoms with Crippen molar-refractivity contribution in [3.63, 3.8) is 0 Å². The molecule has 8 atom stereocenters. The lowest BCUT2D eigenvalue weighted by Gasteiger charge is -2.52. The van der Waals surface area contributed by atoms with Crippen LogP contribution in [-0.4, -0.2) is 56.4 Å². The lowest BCUT2D eigenvalue weighted by atomic mass is 9.59. The van der Waals surface area contributed by atoms with Crippen LogP contribution in [0.2, 0.25) is 0 Å². The van der Waals surface area contributed by atoms with E-state index in [1.54, 1.807) is 17.5 Å². The van der Waals surface area contributed by atoms with Crippen LogP contribution < -0.4 is 0 Å². The lowest BCUT2D eigenvalue weighted by Crippen LogP contribution is -2.68. The summed E-state index contributed by atoms with van der Waals surface area (Å²) in [6, 6.07) is 0. The van der Waals surface area contributed by atoms with Gasteiger partial charge in [-0.15, -0.1) is 11.3 Å². The van der Waals surface area contributed by atoms with E-state index in [0.717, 1.165) is 12.0 Å². The molecule has 2 bridgehead atoms. The van der Waals surface area contributed by atoms with E-state index in [9.17, 15) is 14.7 Å². The third-order valence-electron chi connectivity index (χ3n) is 10.5. The van der Waals surface area contributed by atoms with Crippen LogP contribution >= 0.6 is 11.3 Å². The third-order valence-corrected chi connectivity index (χ3v) is 11.3. The van der Waals surface area contributed by atoms with Crippen LogP contribution in [0.25, 0.3) is 4.96 Å². The Labute approximate surface area is 232 Å².